The summed E-state index contributed by atoms with van der Waals surface area (Å²) in [5, 5.41) is 0. The number of aryl methyl sites for hydroxylation is 1. The van der Waals surface area contributed by atoms with Crippen molar-refractivity contribution in [3.63, 3.8) is 0 Å². The average Bonchev–Trinajstić information content (AvgIpc) is 2.65. The molecule has 1 aromatic heterocycles. The predicted molar refractivity (Wildman–Crippen MR) is 62.3 cm³/mol. The van der Waals surface area contributed by atoms with Crippen molar-refractivity contribution >= 4 is 15.9 Å². The van der Waals surface area contributed by atoms with E-state index in [1.165, 1.54) is 6.39 Å². The van der Waals surface area contributed by atoms with Crippen LogP contribution >= 0.6 is 15.9 Å². The fourth-order valence-corrected chi connectivity index (χ4v) is 1.87. The van der Waals surface area contributed by atoms with E-state index < -0.39 is 0 Å². The van der Waals surface area contributed by atoms with Crippen LogP contribution in [0.25, 0.3) is 11.3 Å². The van der Waals surface area contributed by atoms with Gasteiger partial charge in [0, 0.05) is 16.6 Å². The van der Waals surface area contributed by atoms with Crippen molar-refractivity contribution in [3.05, 3.63) is 40.4 Å². The van der Waals surface area contributed by atoms with E-state index in [0.29, 0.717) is 6.54 Å². The van der Waals surface area contributed by atoms with Gasteiger partial charge in [0.1, 0.15) is 11.5 Å². The molecule has 0 atom stereocenters. The van der Waals surface area contributed by atoms with Crippen molar-refractivity contribution in [2.45, 2.75) is 13.5 Å². The Morgan fingerprint density at radius 3 is 2.87 bits per heavy atom. The van der Waals surface area contributed by atoms with Gasteiger partial charge in [-0.3, -0.25) is 0 Å². The number of nitrogens with two attached hydrogens (primary N) is 1. The van der Waals surface area contributed by atoms with Crippen molar-refractivity contribution < 1.29 is 4.42 Å². The monoisotopic (exact) mass is 266 g/mol. The number of halogens is 1. The molecule has 2 rings (SSSR count). The summed E-state index contributed by atoms with van der Waals surface area (Å²) in [5.41, 5.74) is 8.61. The molecule has 0 spiro atoms. The Morgan fingerprint density at radius 2 is 2.27 bits per heavy atom. The highest BCUT2D eigenvalue weighted by molar-refractivity contribution is 9.10. The molecule has 0 bridgehead atoms. The quantitative estimate of drug-likeness (QED) is 0.910. The van der Waals surface area contributed by atoms with Crippen LogP contribution in [0.2, 0.25) is 0 Å². The molecule has 2 N–H and O–H groups in total. The molecule has 3 nitrogen and oxygen atoms in total. The molecule has 0 aliphatic rings. The summed E-state index contributed by atoms with van der Waals surface area (Å²) in [4.78, 5) is 4.17. The van der Waals surface area contributed by atoms with E-state index in [-0.39, 0.29) is 0 Å². The molecule has 2 aromatic rings. The van der Waals surface area contributed by atoms with Crippen LogP contribution < -0.4 is 5.73 Å². The van der Waals surface area contributed by atoms with Crippen molar-refractivity contribution in [1.82, 2.24) is 4.98 Å². The standard InChI is InChI=1S/C11H11BrN2O/c1-7-11(14-6-15-7)8-2-3-10(12)9(4-8)5-13/h2-4,6H,5,13H2,1H3. The van der Waals surface area contributed by atoms with Gasteiger partial charge in [-0.05, 0) is 24.6 Å². The van der Waals surface area contributed by atoms with Crippen molar-refractivity contribution in [2.75, 3.05) is 0 Å². The summed E-state index contributed by atoms with van der Waals surface area (Å²) in [5.74, 6) is 0.820. The normalized spacial score (nSPS) is 10.6. The van der Waals surface area contributed by atoms with Crippen molar-refractivity contribution in [1.29, 1.82) is 0 Å². The Labute approximate surface area is 96.4 Å². The second-order valence-corrected chi connectivity index (χ2v) is 4.12. The molecule has 0 saturated heterocycles. The smallest absolute Gasteiger partial charge is 0.181 e. The van der Waals surface area contributed by atoms with Gasteiger partial charge in [-0.1, -0.05) is 22.0 Å². The highest BCUT2D eigenvalue weighted by atomic mass is 79.9. The first-order chi connectivity index (χ1) is 7.22. The van der Waals surface area contributed by atoms with Crippen LogP contribution in [-0.4, -0.2) is 4.98 Å². The lowest BCUT2D eigenvalue weighted by molar-refractivity contribution is 0.527. The van der Waals surface area contributed by atoms with Crippen molar-refractivity contribution in [2.24, 2.45) is 5.73 Å². The number of benzene rings is 1. The molecular formula is C11H11BrN2O. The van der Waals surface area contributed by atoms with Crippen LogP contribution in [0, 0.1) is 6.92 Å². The lowest BCUT2D eigenvalue weighted by Gasteiger charge is -2.04. The fourth-order valence-electron chi connectivity index (χ4n) is 1.46. The van der Waals surface area contributed by atoms with Gasteiger partial charge in [0.15, 0.2) is 6.39 Å². The lowest BCUT2D eigenvalue weighted by atomic mass is 10.1. The third kappa shape index (κ3) is 1.96. The lowest BCUT2D eigenvalue weighted by Crippen LogP contribution is -1.97. The summed E-state index contributed by atoms with van der Waals surface area (Å²) >= 11 is 3.45. The molecule has 0 fully saturated rings. The number of hydrogen-bond donors (Lipinski definition) is 1. The number of nitrogens with zero attached hydrogens (tertiary/aromatic N) is 1. The van der Waals surface area contributed by atoms with Gasteiger partial charge in [-0.2, -0.15) is 0 Å². The number of oxazole rings is 1. The summed E-state index contributed by atoms with van der Waals surface area (Å²) in [6.07, 6.45) is 1.45. The Morgan fingerprint density at radius 1 is 1.47 bits per heavy atom. The first kappa shape index (κ1) is 10.4. The van der Waals surface area contributed by atoms with E-state index in [4.69, 9.17) is 10.2 Å². The van der Waals surface area contributed by atoms with E-state index in [9.17, 15) is 0 Å². The van der Waals surface area contributed by atoms with Gasteiger partial charge < -0.3 is 10.2 Å². The summed E-state index contributed by atoms with van der Waals surface area (Å²) in [6.45, 7) is 2.40. The van der Waals surface area contributed by atoms with E-state index in [2.05, 4.69) is 20.9 Å². The van der Waals surface area contributed by atoms with E-state index in [1.807, 2.05) is 25.1 Å². The molecule has 0 radical (unpaired) electrons. The first-order valence-electron chi connectivity index (χ1n) is 4.61. The molecule has 1 aromatic carbocycles. The number of rotatable bonds is 2. The van der Waals surface area contributed by atoms with Crippen LogP contribution in [0.4, 0.5) is 0 Å². The Balaban J connectivity index is 2.51. The second-order valence-electron chi connectivity index (χ2n) is 3.27. The molecule has 1 heterocycles. The van der Waals surface area contributed by atoms with Gasteiger partial charge in [0.25, 0.3) is 0 Å². The zero-order chi connectivity index (χ0) is 10.8. The minimum atomic E-state index is 0.505. The minimum Gasteiger partial charge on any atom is -0.448 e. The summed E-state index contributed by atoms with van der Waals surface area (Å²) in [7, 11) is 0. The van der Waals surface area contributed by atoms with Gasteiger partial charge >= 0.3 is 0 Å². The second kappa shape index (κ2) is 4.16. The predicted octanol–water partition coefficient (Wildman–Crippen LogP) is 2.87. The SMILES string of the molecule is Cc1ocnc1-c1ccc(Br)c(CN)c1. The molecule has 0 unspecified atom stereocenters. The van der Waals surface area contributed by atoms with Crippen LogP contribution in [-0.2, 0) is 6.54 Å². The maximum absolute atomic E-state index is 5.64. The zero-order valence-corrected chi connectivity index (χ0v) is 9.91. The van der Waals surface area contributed by atoms with Gasteiger partial charge in [0.2, 0.25) is 0 Å². The molecule has 0 aliphatic heterocycles. The highest BCUT2D eigenvalue weighted by Crippen LogP contribution is 2.26. The third-order valence-electron chi connectivity index (χ3n) is 2.28. The minimum absolute atomic E-state index is 0.505. The molecular weight excluding hydrogens is 256 g/mol. The van der Waals surface area contributed by atoms with Crippen LogP contribution in [0.15, 0.2) is 33.5 Å². The number of aromatic nitrogens is 1. The maximum atomic E-state index is 5.64. The summed E-state index contributed by atoms with van der Waals surface area (Å²) < 4.78 is 6.19. The maximum Gasteiger partial charge on any atom is 0.181 e. The van der Waals surface area contributed by atoms with Gasteiger partial charge in [-0.15, -0.1) is 0 Å². The average molecular weight is 267 g/mol. The third-order valence-corrected chi connectivity index (χ3v) is 3.06. The molecule has 0 amide bonds. The topological polar surface area (TPSA) is 52.0 Å². The molecule has 78 valence electrons. The van der Waals surface area contributed by atoms with Crippen molar-refractivity contribution in [3.8, 4) is 11.3 Å². The Bertz CT molecular complexity index is 479. The Hall–Kier alpha value is -1.13. The van der Waals surface area contributed by atoms with E-state index in [1.54, 1.807) is 0 Å². The largest absolute Gasteiger partial charge is 0.448 e. The van der Waals surface area contributed by atoms with Crippen LogP contribution in [0.5, 0.6) is 0 Å². The highest BCUT2D eigenvalue weighted by Gasteiger charge is 2.08. The molecule has 0 aliphatic carbocycles. The van der Waals surface area contributed by atoms with Crippen LogP contribution in [0.1, 0.15) is 11.3 Å². The van der Waals surface area contributed by atoms with E-state index >= 15 is 0 Å². The van der Waals surface area contributed by atoms with Crippen LogP contribution in [0.3, 0.4) is 0 Å². The first-order valence-corrected chi connectivity index (χ1v) is 5.40. The molecule has 0 saturated carbocycles. The van der Waals surface area contributed by atoms with Gasteiger partial charge in [0.05, 0.1) is 0 Å². The summed E-state index contributed by atoms with van der Waals surface area (Å²) in [6, 6.07) is 5.99. The zero-order valence-electron chi connectivity index (χ0n) is 8.33. The molecule has 4 heteroatoms. The molecule has 15 heavy (non-hydrogen) atoms. The van der Waals surface area contributed by atoms with Gasteiger partial charge in [-0.25, -0.2) is 4.98 Å². The fraction of sp³-hybridized carbons (Fsp3) is 0.182. The van der Waals surface area contributed by atoms with E-state index in [0.717, 1.165) is 27.1 Å². The number of hydrogen-bond acceptors (Lipinski definition) is 3. The Kier molecular flexibility index (Phi) is 2.88.